The highest BCUT2D eigenvalue weighted by Gasteiger charge is 2.15. The number of rotatable bonds is 4. The monoisotopic (exact) mass is 286 g/mol. The molecule has 0 aliphatic carbocycles. The predicted molar refractivity (Wildman–Crippen MR) is 75.9 cm³/mol. The fourth-order valence-corrected chi connectivity index (χ4v) is 1.79. The maximum Gasteiger partial charge on any atom is 0.513 e. The summed E-state index contributed by atoms with van der Waals surface area (Å²) in [7, 11) is 2.64. The van der Waals surface area contributed by atoms with Gasteiger partial charge in [-0.1, -0.05) is 30.3 Å². The zero-order valence-electron chi connectivity index (χ0n) is 11.7. The van der Waals surface area contributed by atoms with E-state index >= 15 is 0 Å². The van der Waals surface area contributed by atoms with Crippen LogP contribution >= 0.6 is 0 Å². The molecular weight excluding hydrogens is 272 g/mol. The van der Waals surface area contributed by atoms with Crippen LogP contribution in [-0.2, 0) is 4.74 Å². The maximum atomic E-state index is 12.3. The van der Waals surface area contributed by atoms with Gasteiger partial charge in [-0.25, -0.2) is 4.79 Å². The average Bonchev–Trinajstić information content (AvgIpc) is 2.54. The summed E-state index contributed by atoms with van der Waals surface area (Å²) in [5.41, 5.74) is 0.938. The molecule has 21 heavy (non-hydrogen) atoms. The number of methoxy groups -OCH3 is 2. The molecule has 0 bridgehead atoms. The van der Waals surface area contributed by atoms with E-state index in [4.69, 9.17) is 9.47 Å². The summed E-state index contributed by atoms with van der Waals surface area (Å²) in [6, 6.07) is 13.4. The minimum atomic E-state index is -0.877. The van der Waals surface area contributed by atoms with Gasteiger partial charge in [0.1, 0.15) is 0 Å². The molecule has 0 N–H and O–H groups in total. The number of hydrogen-bond donors (Lipinski definition) is 0. The third-order valence-corrected chi connectivity index (χ3v) is 2.82. The first-order valence-corrected chi connectivity index (χ1v) is 6.19. The van der Waals surface area contributed by atoms with Crippen LogP contribution in [0.5, 0.6) is 11.5 Å². The van der Waals surface area contributed by atoms with Crippen LogP contribution in [0.4, 0.5) is 4.79 Å². The van der Waals surface area contributed by atoms with Gasteiger partial charge in [0.15, 0.2) is 17.3 Å². The second-order valence-electron chi connectivity index (χ2n) is 4.12. The van der Waals surface area contributed by atoms with Crippen molar-refractivity contribution < 1.29 is 23.8 Å². The predicted octanol–water partition coefficient (Wildman–Crippen LogP) is 3.07. The molecule has 0 unspecified atom stereocenters. The maximum absolute atomic E-state index is 12.3. The number of ether oxygens (including phenoxy) is 3. The van der Waals surface area contributed by atoms with Crippen LogP contribution in [0.15, 0.2) is 48.5 Å². The van der Waals surface area contributed by atoms with E-state index in [-0.39, 0.29) is 11.5 Å². The van der Waals surface area contributed by atoms with Gasteiger partial charge in [0, 0.05) is 11.1 Å². The molecule has 0 aliphatic heterocycles. The van der Waals surface area contributed by atoms with Crippen molar-refractivity contribution >= 4 is 11.9 Å². The minimum absolute atomic E-state index is 0.131. The van der Waals surface area contributed by atoms with Gasteiger partial charge in [-0.05, 0) is 18.2 Å². The number of ketones is 1. The number of hydrogen-bond acceptors (Lipinski definition) is 5. The Bertz CT molecular complexity index is 649. The molecule has 108 valence electrons. The molecule has 5 heteroatoms. The Morgan fingerprint density at radius 3 is 2.19 bits per heavy atom. The lowest BCUT2D eigenvalue weighted by Crippen LogP contribution is -2.09. The quantitative estimate of drug-likeness (QED) is 0.491. The molecule has 0 saturated heterocycles. The number of benzene rings is 2. The summed E-state index contributed by atoms with van der Waals surface area (Å²) >= 11 is 0. The lowest BCUT2D eigenvalue weighted by Gasteiger charge is -2.10. The van der Waals surface area contributed by atoms with Gasteiger partial charge in [-0.15, -0.1) is 0 Å². The lowest BCUT2D eigenvalue weighted by molar-refractivity contribution is 0.103. The Morgan fingerprint density at radius 2 is 1.57 bits per heavy atom. The van der Waals surface area contributed by atoms with Gasteiger partial charge in [0.2, 0.25) is 0 Å². The molecule has 5 nitrogen and oxygen atoms in total. The molecule has 2 aromatic rings. The Balaban J connectivity index is 2.35. The summed E-state index contributed by atoms with van der Waals surface area (Å²) < 4.78 is 14.5. The van der Waals surface area contributed by atoms with Gasteiger partial charge in [-0.3, -0.25) is 4.79 Å². The number of carbonyl (C=O) groups is 2. The van der Waals surface area contributed by atoms with Gasteiger partial charge in [0.05, 0.1) is 14.2 Å². The third kappa shape index (κ3) is 3.39. The average molecular weight is 286 g/mol. The van der Waals surface area contributed by atoms with E-state index in [9.17, 15) is 9.59 Å². The largest absolute Gasteiger partial charge is 0.513 e. The highest BCUT2D eigenvalue weighted by Crippen LogP contribution is 2.29. The molecule has 0 atom stereocenters. The second-order valence-corrected chi connectivity index (χ2v) is 4.12. The van der Waals surface area contributed by atoms with Crippen LogP contribution in [0, 0.1) is 0 Å². The smallest absolute Gasteiger partial charge is 0.493 e. The van der Waals surface area contributed by atoms with E-state index in [1.54, 1.807) is 36.4 Å². The van der Waals surface area contributed by atoms with Crippen molar-refractivity contribution in [2.24, 2.45) is 0 Å². The molecule has 0 heterocycles. The van der Waals surface area contributed by atoms with E-state index in [1.165, 1.54) is 20.3 Å². The van der Waals surface area contributed by atoms with Gasteiger partial charge in [0.25, 0.3) is 0 Å². The molecular formula is C16H14O5. The summed E-state index contributed by atoms with van der Waals surface area (Å²) in [6.45, 7) is 0. The SMILES string of the molecule is COC(=O)Oc1cc(C(=O)c2ccccc2)ccc1OC. The van der Waals surface area contributed by atoms with Crippen LogP contribution < -0.4 is 9.47 Å². The Labute approximate surface area is 122 Å². The van der Waals surface area contributed by atoms with Crippen molar-refractivity contribution in [1.82, 2.24) is 0 Å². The summed E-state index contributed by atoms with van der Waals surface area (Å²) in [5.74, 6) is 0.295. The summed E-state index contributed by atoms with van der Waals surface area (Å²) in [4.78, 5) is 23.6. The number of carbonyl (C=O) groups excluding carboxylic acids is 2. The second kappa shape index (κ2) is 6.56. The van der Waals surface area contributed by atoms with Crippen LogP contribution in [0.1, 0.15) is 15.9 Å². The zero-order chi connectivity index (χ0) is 15.2. The Hall–Kier alpha value is -2.82. The molecule has 0 aromatic heterocycles. The first-order chi connectivity index (χ1) is 10.2. The van der Waals surface area contributed by atoms with E-state index in [0.717, 1.165) is 0 Å². The van der Waals surface area contributed by atoms with Crippen LogP contribution in [0.2, 0.25) is 0 Å². The third-order valence-electron chi connectivity index (χ3n) is 2.82. The topological polar surface area (TPSA) is 61.8 Å². The highest BCUT2D eigenvalue weighted by atomic mass is 16.7. The molecule has 0 radical (unpaired) electrons. The zero-order valence-corrected chi connectivity index (χ0v) is 11.7. The molecule has 0 aliphatic rings. The van der Waals surface area contributed by atoms with Crippen molar-refractivity contribution in [3.8, 4) is 11.5 Å². The summed E-state index contributed by atoms with van der Waals surface area (Å²) in [6.07, 6.45) is -0.877. The van der Waals surface area contributed by atoms with Gasteiger partial charge in [-0.2, -0.15) is 0 Å². The standard InChI is InChI=1S/C16H14O5/c1-19-13-9-8-12(10-14(13)21-16(18)20-2)15(17)11-6-4-3-5-7-11/h3-10H,1-2H3. The highest BCUT2D eigenvalue weighted by molar-refractivity contribution is 6.09. The molecule has 2 aromatic carbocycles. The van der Waals surface area contributed by atoms with E-state index < -0.39 is 6.16 Å². The van der Waals surface area contributed by atoms with Crippen molar-refractivity contribution in [2.75, 3.05) is 14.2 Å². The summed E-state index contributed by atoms with van der Waals surface area (Å²) in [5, 5.41) is 0. The lowest BCUT2D eigenvalue weighted by atomic mass is 10.0. The van der Waals surface area contributed by atoms with Gasteiger partial charge >= 0.3 is 6.16 Å². The molecule has 0 fully saturated rings. The molecule has 2 rings (SSSR count). The first-order valence-electron chi connectivity index (χ1n) is 6.19. The van der Waals surface area contributed by atoms with Gasteiger partial charge < -0.3 is 14.2 Å². The van der Waals surface area contributed by atoms with Crippen molar-refractivity contribution in [3.63, 3.8) is 0 Å². The van der Waals surface area contributed by atoms with Crippen LogP contribution in [0.3, 0.4) is 0 Å². The van der Waals surface area contributed by atoms with Crippen molar-refractivity contribution in [2.45, 2.75) is 0 Å². The van der Waals surface area contributed by atoms with E-state index in [0.29, 0.717) is 16.9 Å². The molecule has 0 saturated carbocycles. The van der Waals surface area contributed by atoms with Crippen LogP contribution in [0.25, 0.3) is 0 Å². The molecule has 0 amide bonds. The first kappa shape index (κ1) is 14.6. The Morgan fingerprint density at radius 1 is 0.857 bits per heavy atom. The van der Waals surface area contributed by atoms with E-state index in [2.05, 4.69) is 4.74 Å². The minimum Gasteiger partial charge on any atom is -0.493 e. The fraction of sp³-hybridized carbons (Fsp3) is 0.125. The normalized spacial score (nSPS) is 9.81. The van der Waals surface area contributed by atoms with Crippen molar-refractivity contribution in [1.29, 1.82) is 0 Å². The Kier molecular flexibility index (Phi) is 4.56. The molecule has 0 spiro atoms. The van der Waals surface area contributed by atoms with Crippen LogP contribution in [-0.4, -0.2) is 26.2 Å². The van der Waals surface area contributed by atoms with E-state index in [1.807, 2.05) is 6.07 Å². The van der Waals surface area contributed by atoms with Crippen molar-refractivity contribution in [3.05, 3.63) is 59.7 Å². The fourth-order valence-electron chi connectivity index (χ4n) is 1.79.